The molecule has 28 heavy (non-hydrogen) atoms. The number of benzene rings is 2. The van der Waals surface area contributed by atoms with E-state index in [1.165, 1.54) is 10.4 Å². The van der Waals surface area contributed by atoms with Crippen LogP contribution in [0.25, 0.3) is 0 Å². The summed E-state index contributed by atoms with van der Waals surface area (Å²) in [5, 5.41) is 5.22. The number of nitrogens with zero attached hydrogens (tertiary/aromatic N) is 1. The molecule has 0 saturated heterocycles. The monoisotopic (exact) mass is 392 g/mol. The molecular formula is C23H24N2O2S. The van der Waals surface area contributed by atoms with Crippen LogP contribution in [0.1, 0.15) is 33.2 Å². The minimum atomic E-state index is -0.0909. The maximum atomic E-state index is 13.2. The number of carbonyl (C=O) groups is 1. The molecule has 0 saturated carbocycles. The molecule has 0 spiro atoms. The van der Waals surface area contributed by atoms with Gasteiger partial charge in [-0.25, -0.2) is 4.79 Å². The lowest BCUT2D eigenvalue weighted by molar-refractivity contribution is 0.194. The standard InChI is InChI=1S/C23H24N2O2S/c1-15-12-16(2)14-18(13-15)24-23(26)25-10-8-21-20(9-11-28-21)22(25)17-4-6-19(27-3)7-5-17/h4-7,9,11-14,22H,8,10H2,1-3H3,(H,24,26). The summed E-state index contributed by atoms with van der Waals surface area (Å²) >= 11 is 1.77. The van der Waals surface area contributed by atoms with E-state index in [0.717, 1.165) is 34.5 Å². The molecular weight excluding hydrogens is 368 g/mol. The minimum absolute atomic E-state index is 0.0670. The highest BCUT2D eigenvalue weighted by Crippen LogP contribution is 2.38. The van der Waals surface area contributed by atoms with Gasteiger partial charge in [-0.1, -0.05) is 18.2 Å². The van der Waals surface area contributed by atoms with Crippen LogP contribution in [-0.2, 0) is 6.42 Å². The molecule has 5 heteroatoms. The van der Waals surface area contributed by atoms with E-state index in [9.17, 15) is 4.79 Å². The SMILES string of the molecule is COc1ccc(C2c3ccsc3CCN2C(=O)Nc2cc(C)cc(C)c2)cc1. The van der Waals surface area contributed by atoms with E-state index in [0.29, 0.717) is 6.54 Å². The topological polar surface area (TPSA) is 41.6 Å². The van der Waals surface area contributed by atoms with Crippen molar-refractivity contribution >= 4 is 23.1 Å². The Morgan fingerprint density at radius 1 is 1.11 bits per heavy atom. The van der Waals surface area contributed by atoms with Gasteiger partial charge in [-0.05, 0) is 78.2 Å². The van der Waals surface area contributed by atoms with Crippen LogP contribution in [-0.4, -0.2) is 24.6 Å². The van der Waals surface area contributed by atoms with Gasteiger partial charge in [-0.15, -0.1) is 11.3 Å². The summed E-state index contributed by atoms with van der Waals surface area (Å²) in [6, 6.07) is 16.1. The van der Waals surface area contributed by atoms with Crippen LogP contribution in [0.4, 0.5) is 10.5 Å². The van der Waals surface area contributed by atoms with Gasteiger partial charge in [0, 0.05) is 17.1 Å². The summed E-state index contributed by atoms with van der Waals surface area (Å²) in [5.41, 5.74) is 5.43. The maximum absolute atomic E-state index is 13.2. The lowest BCUT2D eigenvalue weighted by Crippen LogP contribution is -2.42. The zero-order chi connectivity index (χ0) is 19.7. The molecule has 2 amide bonds. The highest BCUT2D eigenvalue weighted by Gasteiger charge is 2.33. The number of rotatable bonds is 3. The lowest BCUT2D eigenvalue weighted by atomic mass is 9.93. The van der Waals surface area contributed by atoms with Crippen molar-refractivity contribution < 1.29 is 9.53 Å². The van der Waals surface area contributed by atoms with Gasteiger partial charge >= 0.3 is 6.03 Å². The summed E-state index contributed by atoms with van der Waals surface area (Å²) in [6.45, 7) is 4.78. The highest BCUT2D eigenvalue weighted by atomic mass is 32.1. The Kier molecular flexibility index (Phi) is 5.09. The summed E-state index contributed by atoms with van der Waals surface area (Å²) < 4.78 is 5.30. The predicted octanol–water partition coefficient (Wildman–Crippen LogP) is 5.55. The third-order valence-electron chi connectivity index (χ3n) is 5.13. The second-order valence-corrected chi connectivity index (χ2v) is 8.23. The fourth-order valence-electron chi connectivity index (χ4n) is 3.92. The van der Waals surface area contributed by atoms with E-state index < -0.39 is 0 Å². The third-order valence-corrected chi connectivity index (χ3v) is 6.13. The van der Waals surface area contributed by atoms with Crippen LogP contribution in [0.2, 0.25) is 0 Å². The first kappa shape index (κ1) is 18.6. The van der Waals surface area contributed by atoms with Crippen molar-refractivity contribution in [3.63, 3.8) is 0 Å². The van der Waals surface area contributed by atoms with E-state index in [1.54, 1.807) is 18.4 Å². The molecule has 1 aromatic heterocycles. The molecule has 0 bridgehead atoms. The summed E-state index contributed by atoms with van der Waals surface area (Å²) in [4.78, 5) is 16.5. The highest BCUT2D eigenvalue weighted by molar-refractivity contribution is 7.10. The van der Waals surface area contributed by atoms with Crippen molar-refractivity contribution in [2.75, 3.05) is 19.0 Å². The van der Waals surface area contributed by atoms with Gasteiger partial charge in [0.25, 0.3) is 0 Å². The molecule has 0 radical (unpaired) electrons. The van der Waals surface area contributed by atoms with E-state index in [2.05, 4.69) is 22.8 Å². The Morgan fingerprint density at radius 2 is 1.82 bits per heavy atom. The fraction of sp³-hybridized carbons (Fsp3) is 0.261. The van der Waals surface area contributed by atoms with E-state index in [-0.39, 0.29) is 12.1 Å². The van der Waals surface area contributed by atoms with Crippen LogP contribution in [0.15, 0.2) is 53.9 Å². The number of hydrogen-bond acceptors (Lipinski definition) is 3. The number of anilines is 1. The van der Waals surface area contributed by atoms with Gasteiger partial charge in [0.2, 0.25) is 0 Å². The van der Waals surface area contributed by atoms with Crippen LogP contribution in [0.5, 0.6) is 5.75 Å². The van der Waals surface area contributed by atoms with Crippen molar-refractivity contribution in [3.05, 3.63) is 81.0 Å². The van der Waals surface area contributed by atoms with Gasteiger partial charge in [-0.3, -0.25) is 0 Å². The van der Waals surface area contributed by atoms with Crippen molar-refractivity contribution in [3.8, 4) is 5.75 Å². The van der Waals surface area contributed by atoms with E-state index in [4.69, 9.17) is 4.74 Å². The van der Waals surface area contributed by atoms with Crippen molar-refractivity contribution in [2.45, 2.75) is 26.3 Å². The summed E-state index contributed by atoms with van der Waals surface area (Å²) in [5.74, 6) is 0.816. The second-order valence-electron chi connectivity index (χ2n) is 7.22. The van der Waals surface area contributed by atoms with Gasteiger partial charge < -0.3 is 15.0 Å². The molecule has 0 aliphatic carbocycles. The zero-order valence-corrected chi connectivity index (χ0v) is 17.2. The average molecular weight is 393 g/mol. The number of thiophene rings is 1. The minimum Gasteiger partial charge on any atom is -0.497 e. The number of amides is 2. The van der Waals surface area contributed by atoms with E-state index in [1.807, 2.05) is 55.1 Å². The number of hydrogen-bond donors (Lipinski definition) is 1. The van der Waals surface area contributed by atoms with Gasteiger partial charge in [-0.2, -0.15) is 0 Å². The van der Waals surface area contributed by atoms with Crippen LogP contribution < -0.4 is 10.1 Å². The largest absolute Gasteiger partial charge is 0.497 e. The van der Waals surface area contributed by atoms with Crippen LogP contribution >= 0.6 is 11.3 Å². The molecule has 4 nitrogen and oxygen atoms in total. The fourth-order valence-corrected chi connectivity index (χ4v) is 4.83. The molecule has 2 heterocycles. The Labute approximate surface area is 169 Å². The molecule has 4 rings (SSSR count). The summed E-state index contributed by atoms with van der Waals surface area (Å²) in [6.07, 6.45) is 0.889. The summed E-state index contributed by atoms with van der Waals surface area (Å²) in [7, 11) is 1.66. The number of nitrogens with one attached hydrogen (secondary N) is 1. The first-order chi connectivity index (χ1) is 13.5. The maximum Gasteiger partial charge on any atom is 0.322 e. The third kappa shape index (κ3) is 3.62. The molecule has 1 aliphatic rings. The van der Waals surface area contributed by atoms with Crippen molar-refractivity contribution in [1.82, 2.24) is 4.90 Å². The number of urea groups is 1. The van der Waals surface area contributed by atoms with E-state index >= 15 is 0 Å². The molecule has 1 aliphatic heterocycles. The Bertz CT molecular complexity index is 974. The number of carbonyl (C=O) groups excluding carboxylic acids is 1. The number of methoxy groups -OCH3 is 1. The molecule has 1 atom stereocenters. The first-order valence-electron chi connectivity index (χ1n) is 9.41. The van der Waals surface area contributed by atoms with Crippen molar-refractivity contribution in [2.24, 2.45) is 0 Å². The Hall–Kier alpha value is -2.79. The van der Waals surface area contributed by atoms with Crippen LogP contribution in [0, 0.1) is 13.8 Å². The number of fused-ring (bicyclic) bond motifs is 1. The molecule has 0 fully saturated rings. The molecule has 144 valence electrons. The average Bonchev–Trinajstić information content (AvgIpc) is 3.15. The van der Waals surface area contributed by atoms with Crippen molar-refractivity contribution in [1.29, 1.82) is 0 Å². The smallest absolute Gasteiger partial charge is 0.322 e. The van der Waals surface area contributed by atoms with Gasteiger partial charge in [0.15, 0.2) is 0 Å². The van der Waals surface area contributed by atoms with Gasteiger partial charge in [0.1, 0.15) is 5.75 Å². The quantitative estimate of drug-likeness (QED) is 0.635. The molecule has 1 N–H and O–H groups in total. The lowest BCUT2D eigenvalue weighted by Gasteiger charge is -2.36. The second kappa shape index (κ2) is 7.68. The molecule has 2 aromatic carbocycles. The molecule has 1 unspecified atom stereocenters. The predicted molar refractivity (Wildman–Crippen MR) is 115 cm³/mol. The normalized spacial score (nSPS) is 15.8. The first-order valence-corrected chi connectivity index (χ1v) is 10.3. The Morgan fingerprint density at radius 3 is 2.50 bits per heavy atom. The number of aryl methyl sites for hydroxylation is 2. The zero-order valence-electron chi connectivity index (χ0n) is 16.4. The Balaban J connectivity index is 1.66. The van der Waals surface area contributed by atoms with Crippen LogP contribution in [0.3, 0.4) is 0 Å². The number of ether oxygens (including phenoxy) is 1. The molecule has 3 aromatic rings. The van der Waals surface area contributed by atoms with Gasteiger partial charge in [0.05, 0.1) is 13.2 Å².